The minimum absolute atomic E-state index is 0.0275. The van der Waals surface area contributed by atoms with E-state index in [0.717, 1.165) is 17.0 Å². The van der Waals surface area contributed by atoms with Crippen molar-refractivity contribution in [1.82, 2.24) is 19.7 Å². The molecule has 0 unspecified atom stereocenters. The summed E-state index contributed by atoms with van der Waals surface area (Å²) in [6.45, 7) is 2.31. The third-order valence-corrected chi connectivity index (χ3v) is 3.87. The van der Waals surface area contributed by atoms with Gasteiger partial charge in [0.1, 0.15) is 11.8 Å². The summed E-state index contributed by atoms with van der Waals surface area (Å²) in [4.78, 5) is 12.2. The molecule has 0 aliphatic heterocycles. The van der Waals surface area contributed by atoms with Gasteiger partial charge in [0.15, 0.2) is 0 Å². The Labute approximate surface area is 140 Å². The molecule has 0 aliphatic rings. The number of benzene rings is 1. The molecule has 3 rings (SSSR count). The highest BCUT2D eigenvalue weighted by molar-refractivity contribution is 5.79. The first-order valence-corrected chi connectivity index (χ1v) is 7.75. The molecule has 2 heterocycles. The monoisotopic (exact) mass is 324 g/mol. The molecule has 0 fully saturated rings. The van der Waals surface area contributed by atoms with E-state index in [0.29, 0.717) is 6.54 Å². The first kappa shape index (κ1) is 15.9. The van der Waals surface area contributed by atoms with E-state index in [1.54, 1.807) is 18.0 Å². The molecular formula is C18H20N4O2. The molecule has 1 amide bonds. The summed E-state index contributed by atoms with van der Waals surface area (Å²) < 4.78 is 8.86. The molecule has 0 saturated heterocycles. The van der Waals surface area contributed by atoms with E-state index in [2.05, 4.69) is 10.4 Å². The number of aromatic nitrogens is 3. The number of methoxy groups -OCH3 is 1. The average molecular weight is 324 g/mol. The van der Waals surface area contributed by atoms with E-state index in [9.17, 15) is 4.79 Å². The van der Waals surface area contributed by atoms with Crippen molar-refractivity contribution in [2.45, 2.75) is 19.5 Å². The van der Waals surface area contributed by atoms with Crippen molar-refractivity contribution < 1.29 is 9.53 Å². The van der Waals surface area contributed by atoms with Gasteiger partial charge in [0.2, 0.25) is 5.91 Å². The first-order chi connectivity index (χ1) is 11.7. The van der Waals surface area contributed by atoms with E-state index in [1.165, 1.54) is 0 Å². The van der Waals surface area contributed by atoms with Crippen LogP contribution in [0.5, 0.6) is 5.75 Å². The highest BCUT2D eigenvalue weighted by Crippen LogP contribution is 2.16. The van der Waals surface area contributed by atoms with Crippen molar-refractivity contribution in [3.63, 3.8) is 0 Å². The third-order valence-electron chi connectivity index (χ3n) is 3.87. The first-order valence-electron chi connectivity index (χ1n) is 7.75. The van der Waals surface area contributed by atoms with Crippen LogP contribution in [0.4, 0.5) is 0 Å². The molecule has 0 bridgehead atoms. The molecule has 2 aromatic heterocycles. The lowest BCUT2D eigenvalue weighted by Crippen LogP contribution is -2.29. The van der Waals surface area contributed by atoms with Crippen LogP contribution in [-0.4, -0.2) is 27.4 Å². The quantitative estimate of drug-likeness (QED) is 0.758. The van der Waals surface area contributed by atoms with Crippen LogP contribution in [-0.2, 0) is 11.3 Å². The van der Waals surface area contributed by atoms with Crippen LogP contribution < -0.4 is 10.1 Å². The Balaban J connectivity index is 1.63. The molecule has 1 atom stereocenters. The second kappa shape index (κ2) is 7.04. The van der Waals surface area contributed by atoms with Gasteiger partial charge in [-0.15, -0.1) is 0 Å². The number of ether oxygens (including phenoxy) is 1. The van der Waals surface area contributed by atoms with Crippen LogP contribution in [0, 0.1) is 0 Å². The van der Waals surface area contributed by atoms with Gasteiger partial charge in [0.05, 0.1) is 19.0 Å². The van der Waals surface area contributed by atoms with Crippen molar-refractivity contribution in [1.29, 1.82) is 0 Å². The van der Waals surface area contributed by atoms with Gasteiger partial charge in [-0.05, 0) is 31.2 Å². The summed E-state index contributed by atoms with van der Waals surface area (Å²) >= 11 is 0. The number of carbonyl (C=O) groups excluding carboxylic acids is 1. The van der Waals surface area contributed by atoms with Crippen LogP contribution in [0.2, 0.25) is 0 Å². The SMILES string of the molecule is COc1cccc(-n2cc(CNC(=O)[C@H](C)n3cccc3)cn2)c1. The maximum atomic E-state index is 12.2. The number of amides is 1. The zero-order valence-electron chi connectivity index (χ0n) is 13.7. The second-order valence-corrected chi connectivity index (χ2v) is 5.52. The highest BCUT2D eigenvalue weighted by Gasteiger charge is 2.13. The van der Waals surface area contributed by atoms with Crippen LogP contribution >= 0.6 is 0 Å². The summed E-state index contributed by atoms with van der Waals surface area (Å²) in [6, 6.07) is 11.2. The van der Waals surface area contributed by atoms with E-state index in [-0.39, 0.29) is 11.9 Å². The molecule has 0 radical (unpaired) electrons. The average Bonchev–Trinajstić information content (AvgIpc) is 3.30. The molecule has 124 valence electrons. The fourth-order valence-corrected chi connectivity index (χ4v) is 2.42. The van der Waals surface area contributed by atoms with Gasteiger partial charge < -0.3 is 14.6 Å². The zero-order valence-corrected chi connectivity index (χ0v) is 13.7. The second-order valence-electron chi connectivity index (χ2n) is 5.52. The molecule has 6 nitrogen and oxygen atoms in total. The summed E-state index contributed by atoms with van der Waals surface area (Å²) in [5, 5.41) is 7.28. The standard InChI is InChI=1S/C18H20N4O2/c1-14(21-8-3-4-9-21)18(23)19-11-15-12-20-22(13-15)16-6-5-7-17(10-16)24-2/h3-10,12-14H,11H2,1-2H3,(H,19,23)/t14-/m0/s1. The van der Waals surface area contributed by atoms with Crippen molar-refractivity contribution in [2.75, 3.05) is 7.11 Å². The molecule has 1 aromatic carbocycles. The lowest BCUT2D eigenvalue weighted by molar-refractivity contribution is -0.124. The summed E-state index contributed by atoms with van der Waals surface area (Å²) in [5.41, 5.74) is 1.85. The Morgan fingerprint density at radius 2 is 2.08 bits per heavy atom. The number of hydrogen-bond acceptors (Lipinski definition) is 3. The lowest BCUT2D eigenvalue weighted by atomic mass is 10.3. The Bertz CT molecular complexity index is 808. The van der Waals surface area contributed by atoms with Gasteiger partial charge >= 0.3 is 0 Å². The smallest absolute Gasteiger partial charge is 0.243 e. The number of rotatable bonds is 6. The van der Waals surface area contributed by atoms with E-state index < -0.39 is 0 Å². The van der Waals surface area contributed by atoms with Gasteiger partial charge in [-0.25, -0.2) is 4.68 Å². The van der Waals surface area contributed by atoms with E-state index in [4.69, 9.17) is 4.74 Å². The van der Waals surface area contributed by atoms with Crippen molar-refractivity contribution in [3.05, 3.63) is 66.7 Å². The molecule has 24 heavy (non-hydrogen) atoms. The molecular weight excluding hydrogens is 304 g/mol. The van der Waals surface area contributed by atoms with Crippen molar-refractivity contribution >= 4 is 5.91 Å². The minimum atomic E-state index is -0.242. The maximum absolute atomic E-state index is 12.2. The van der Waals surface area contributed by atoms with Crippen LogP contribution in [0.3, 0.4) is 0 Å². The molecule has 1 N–H and O–H groups in total. The minimum Gasteiger partial charge on any atom is -0.497 e. The molecule has 3 aromatic rings. The van der Waals surface area contributed by atoms with Crippen molar-refractivity contribution in [2.24, 2.45) is 0 Å². The van der Waals surface area contributed by atoms with Gasteiger partial charge in [-0.2, -0.15) is 5.10 Å². The largest absolute Gasteiger partial charge is 0.497 e. The van der Waals surface area contributed by atoms with Crippen LogP contribution in [0.15, 0.2) is 61.2 Å². The van der Waals surface area contributed by atoms with Gasteiger partial charge in [-0.1, -0.05) is 6.07 Å². The van der Waals surface area contributed by atoms with Crippen LogP contribution in [0.1, 0.15) is 18.5 Å². The van der Waals surface area contributed by atoms with E-state index >= 15 is 0 Å². The molecule has 0 aliphatic carbocycles. The Morgan fingerprint density at radius 1 is 1.29 bits per heavy atom. The summed E-state index contributed by atoms with van der Waals surface area (Å²) in [6.07, 6.45) is 7.41. The normalized spacial score (nSPS) is 11.9. The Hall–Kier alpha value is -3.02. The number of carbonyl (C=O) groups is 1. The van der Waals surface area contributed by atoms with E-state index in [1.807, 2.05) is 66.5 Å². The highest BCUT2D eigenvalue weighted by atomic mass is 16.5. The van der Waals surface area contributed by atoms with Gasteiger partial charge in [0, 0.05) is 36.8 Å². The molecule has 0 saturated carbocycles. The summed E-state index contributed by atoms with van der Waals surface area (Å²) in [7, 11) is 1.63. The Kier molecular flexibility index (Phi) is 4.65. The predicted octanol–water partition coefficient (Wildman–Crippen LogP) is 2.56. The predicted molar refractivity (Wildman–Crippen MR) is 91.1 cm³/mol. The third kappa shape index (κ3) is 3.48. The fourth-order valence-electron chi connectivity index (χ4n) is 2.42. The Morgan fingerprint density at radius 3 is 2.83 bits per heavy atom. The van der Waals surface area contributed by atoms with Crippen LogP contribution in [0.25, 0.3) is 5.69 Å². The van der Waals surface area contributed by atoms with Gasteiger partial charge in [-0.3, -0.25) is 4.79 Å². The lowest BCUT2D eigenvalue weighted by Gasteiger charge is -2.13. The fraction of sp³-hybridized carbons (Fsp3) is 0.222. The van der Waals surface area contributed by atoms with Gasteiger partial charge in [0.25, 0.3) is 0 Å². The zero-order chi connectivity index (χ0) is 16.9. The maximum Gasteiger partial charge on any atom is 0.243 e. The number of hydrogen-bond donors (Lipinski definition) is 1. The van der Waals surface area contributed by atoms with Crippen molar-refractivity contribution in [3.8, 4) is 11.4 Å². The number of nitrogens with zero attached hydrogens (tertiary/aromatic N) is 3. The molecule has 0 spiro atoms. The summed E-state index contributed by atoms with van der Waals surface area (Å²) in [5.74, 6) is 0.749. The molecule has 6 heteroatoms. The topological polar surface area (TPSA) is 61.1 Å². The number of nitrogens with one attached hydrogen (secondary N) is 1.